The number of hydrogen-bond donors (Lipinski definition) is 1. The van der Waals surface area contributed by atoms with Crippen LogP contribution < -0.4 is 10.1 Å². The van der Waals surface area contributed by atoms with E-state index in [0.717, 1.165) is 10.6 Å². The standard InChI is InChI=1S/C20H17ClN2O4S/c1-12-22-18(13-6-4-3-5-7-13)19(28-12)20(25)27-11-17(24)23-15-10-14(21)8-9-16(15)26-2/h3-10H,11H2,1-2H3,(H,23,24). The van der Waals surface area contributed by atoms with Crippen molar-refractivity contribution >= 4 is 40.5 Å². The van der Waals surface area contributed by atoms with Crippen molar-refractivity contribution < 1.29 is 19.1 Å². The van der Waals surface area contributed by atoms with Gasteiger partial charge in [0, 0.05) is 10.6 Å². The van der Waals surface area contributed by atoms with Crippen molar-refractivity contribution in [1.29, 1.82) is 0 Å². The van der Waals surface area contributed by atoms with Gasteiger partial charge in [0.05, 0.1) is 23.5 Å². The third kappa shape index (κ3) is 4.68. The smallest absolute Gasteiger partial charge is 0.351 e. The zero-order chi connectivity index (χ0) is 20.1. The maximum atomic E-state index is 12.5. The van der Waals surface area contributed by atoms with Crippen LogP contribution in [0.15, 0.2) is 48.5 Å². The predicted molar refractivity (Wildman–Crippen MR) is 109 cm³/mol. The van der Waals surface area contributed by atoms with Crippen LogP contribution in [-0.4, -0.2) is 30.6 Å². The van der Waals surface area contributed by atoms with Crippen molar-refractivity contribution in [2.75, 3.05) is 19.0 Å². The number of carbonyl (C=O) groups excluding carboxylic acids is 2. The normalized spacial score (nSPS) is 10.4. The van der Waals surface area contributed by atoms with E-state index in [4.69, 9.17) is 21.1 Å². The molecule has 1 N–H and O–H groups in total. The summed E-state index contributed by atoms with van der Waals surface area (Å²) in [7, 11) is 1.48. The van der Waals surface area contributed by atoms with Crippen molar-refractivity contribution in [2.24, 2.45) is 0 Å². The number of nitrogens with one attached hydrogen (secondary N) is 1. The quantitative estimate of drug-likeness (QED) is 0.595. The second-order valence-corrected chi connectivity index (χ2v) is 7.39. The fourth-order valence-electron chi connectivity index (χ4n) is 2.52. The van der Waals surface area contributed by atoms with Gasteiger partial charge in [-0.15, -0.1) is 11.3 Å². The Morgan fingerprint density at radius 3 is 2.64 bits per heavy atom. The first-order chi connectivity index (χ1) is 13.5. The number of carbonyl (C=O) groups is 2. The van der Waals surface area contributed by atoms with Gasteiger partial charge in [-0.2, -0.15) is 0 Å². The van der Waals surface area contributed by atoms with Crippen LogP contribution >= 0.6 is 22.9 Å². The van der Waals surface area contributed by atoms with E-state index in [1.807, 2.05) is 37.3 Å². The molecule has 1 aromatic heterocycles. The number of aryl methyl sites for hydroxylation is 1. The van der Waals surface area contributed by atoms with E-state index in [-0.39, 0.29) is 0 Å². The van der Waals surface area contributed by atoms with Crippen LogP contribution in [0.3, 0.4) is 0 Å². The van der Waals surface area contributed by atoms with Crippen molar-refractivity contribution in [2.45, 2.75) is 6.92 Å². The molecule has 0 aliphatic carbocycles. The summed E-state index contributed by atoms with van der Waals surface area (Å²) in [6.45, 7) is 1.37. The molecule has 0 fully saturated rings. The molecular weight excluding hydrogens is 400 g/mol. The van der Waals surface area contributed by atoms with Crippen LogP contribution in [0, 0.1) is 6.92 Å². The Balaban J connectivity index is 1.68. The maximum Gasteiger partial charge on any atom is 0.351 e. The highest BCUT2D eigenvalue weighted by atomic mass is 35.5. The second-order valence-electron chi connectivity index (χ2n) is 5.75. The van der Waals surface area contributed by atoms with Gasteiger partial charge in [0.2, 0.25) is 0 Å². The van der Waals surface area contributed by atoms with Gasteiger partial charge < -0.3 is 14.8 Å². The molecule has 0 bridgehead atoms. The fraction of sp³-hybridized carbons (Fsp3) is 0.150. The van der Waals surface area contributed by atoms with Crippen LogP contribution in [0.1, 0.15) is 14.7 Å². The number of anilines is 1. The molecule has 0 aliphatic rings. The van der Waals surface area contributed by atoms with Crippen molar-refractivity contribution in [3.8, 4) is 17.0 Å². The minimum atomic E-state index is -0.599. The maximum absolute atomic E-state index is 12.5. The summed E-state index contributed by atoms with van der Waals surface area (Å²) in [6.07, 6.45) is 0. The van der Waals surface area contributed by atoms with Gasteiger partial charge in [0.15, 0.2) is 6.61 Å². The summed E-state index contributed by atoms with van der Waals surface area (Å²) < 4.78 is 10.4. The van der Waals surface area contributed by atoms with E-state index >= 15 is 0 Å². The molecule has 3 aromatic rings. The minimum absolute atomic E-state index is 0.358. The molecule has 0 spiro atoms. The highest BCUT2D eigenvalue weighted by molar-refractivity contribution is 7.14. The lowest BCUT2D eigenvalue weighted by molar-refractivity contribution is -0.119. The van der Waals surface area contributed by atoms with Gasteiger partial charge in [0.25, 0.3) is 5.91 Å². The molecule has 3 rings (SSSR count). The topological polar surface area (TPSA) is 77.5 Å². The number of esters is 1. The van der Waals surface area contributed by atoms with Crippen LogP contribution in [0.4, 0.5) is 5.69 Å². The molecule has 8 heteroatoms. The lowest BCUT2D eigenvalue weighted by Gasteiger charge is -2.10. The number of amides is 1. The van der Waals surface area contributed by atoms with Crippen molar-refractivity contribution in [1.82, 2.24) is 4.98 Å². The summed E-state index contributed by atoms with van der Waals surface area (Å²) in [5.41, 5.74) is 1.76. The molecular formula is C20H17ClN2O4S. The van der Waals surface area contributed by atoms with E-state index in [1.165, 1.54) is 18.4 Å². The number of hydrogen-bond acceptors (Lipinski definition) is 6. The lowest BCUT2D eigenvalue weighted by atomic mass is 10.1. The van der Waals surface area contributed by atoms with Crippen molar-refractivity contribution in [3.63, 3.8) is 0 Å². The summed E-state index contributed by atoms with van der Waals surface area (Å²) >= 11 is 7.17. The summed E-state index contributed by atoms with van der Waals surface area (Å²) in [6, 6.07) is 14.2. The van der Waals surface area contributed by atoms with Gasteiger partial charge in [-0.05, 0) is 25.1 Å². The molecule has 28 heavy (non-hydrogen) atoms. The van der Waals surface area contributed by atoms with Gasteiger partial charge in [0.1, 0.15) is 10.6 Å². The minimum Gasteiger partial charge on any atom is -0.495 e. The molecule has 0 radical (unpaired) electrons. The Labute approximate surface area is 171 Å². The van der Waals surface area contributed by atoms with Crippen molar-refractivity contribution in [3.05, 3.63) is 63.4 Å². The lowest BCUT2D eigenvalue weighted by Crippen LogP contribution is -2.21. The number of benzene rings is 2. The number of aromatic nitrogens is 1. The van der Waals surface area contributed by atoms with E-state index in [0.29, 0.717) is 27.0 Å². The summed E-state index contributed by atoms with van der Waals surface area (Å²) in [5.74, 6) is -0.650. The summed E-state index contributed by atoms with van der Waals surface area (Å²) in [4.78, 5) is 29.5. The molecule has 1 amide bonds. The number of rotatable bonds is 6. The number of thiazole rings is 1. The zero-order valence-corrected chi connectivity index (χ0v) is 16.8. The van der Waals surface area contributed by atoms with Crippen LogP contribution in [0.5, 0.6) is 5.75 Å². The molecule has 0 saturated carbocycles. The van der Waals surface area contributed by atoms with E-state index in [1.54, 1.807) is 18.2 Å². The van der Waals surface area contributed by atoms with Gasteiger partial charge in [-0.25, -0.2) is 9.78 Å². The molecule has 0 saturated heterocycles. The fourth-order valence-corrected chi connectivity index (χ4v) is 3.52. The van der Waals surface area contributed by atoms with E-state index in [9.17, 15) is 9.59 Å². The first kappa shape index (κ1) is 19.9. The summed E-state index contributed by atoms with van der Waals surface area (Å²) in [5, 5.41) is 3.80. The highest BCUT2D eigenvalue weighted by Crippen LogP contribution is 2.29. The SMILES string of the molecule is COc1ccc(Cl)cc1NC(=O)COC(=O)c1sc(C)nc1-c1ccccc1. The first-order valence-electron chi connectivity index (χ1n) is 8.31. The average molecular weight is 417 g/mol. The Bertz CT molecular complexity index is 1000. The monoisotopic (exact) mass is 416 g/mol. The number of methoxy groups -OCH3 is 1. The number of ether oxygens (including phenoxy) is 2. The van der Waals surface area contributed by atoms with Gasteiger partial charge >= 0.3 is 5.97 Å². The number of halogens is 1. The van der Waals surface area contributed by atoms with Gasteiger partial charge in [-0.1, -0.05) is 41.9 Å². The van der Waals surface area contributed by atoms with E-state index < -0.39 is 18.5 Å². The third-order valence-electron chi connectivity index (χ3n) is 3.74. The highest BCUT2D eigenvalue weighted by Gasteiger charge is 2.20. The largest absolute Gasteiger partial charge is 0.495 e. The number of nitrogens with zero attached hydrogens (tertiary/aromatic N) is 1. The molecule has 144 valence electrons. The predicted octanol–water partition coefficient (Wildman–Crippen LogP) is 4.58. The first-order valence-corrected chi connectivity index (χ1v) is 9.50. The molecule has 6 nitrogen and oxygen atoms in total. The zero-order valence-electron chi connectivity index (χ0n) is 15.2. The van der Waals surface area contributed by atoms with E-state index in [2.05, 4.69) is 10.3 Å². The molecule has 0 atom stereocenters. The Morgan fingerprint density at radius 2 is 1.93 bits per heavy atom. The molecule has 1 heterocycles. The Hall–Kier alpha value is -2.90. The molecule has 2 aromatic carbocycles. The van der Waals surface area contributed by atoms with Crippen LogP contribution in [-0.2, 0) is 9.53 Å². The third-order valence-corrected chi connectivity index (χ3v) is 4.92. The average Bonchev–Trinajstić information content (AvgIpc) is 3.09. The Morgan fingerprint density at radius 1 is 1.18 bits per heavy atom. The molecule has 0 aliphatic heterocycles. The second kappa shape index (κ2) is 8.86. The van der Waals surface area contributed by atoms with Crippen LogP contribution in [0.25, 0.3) is 11.3 Å². The van der Waals surface area contributed by atoms with Crippen LogP contribution in [0.2, 0.25) is 5.02 Å². The molecule has 0 unspecified atom stereocenters. The Kier molecular flexibility index (Phi) is 6.28. The van der Waals surface area contributed by atoms with Gasteiger partial charge in [-0.3, -0.25) is 4.79 Å².